The fraction of sp³-hybridized carbons (Fsp3) is 0.286. The maximum atomic E-state index is 10.8. The van der Waals surface area contributed by atoms with Crippen LogP contribution in [0.5, 0.6) is 0 Å². The van der Waals surface area contributed by atoms with Crippen molar-refractivity contribution >= 4 is 19.9 Å². The van der Waals surface area contributed by atoms with Crippen LogP contribution >= 0.6 is 10.7 Å². The van der Waals surface area contributed by atoms with Crippen molar-refractivity contribution in [2.75, 3.05) is 7.05 Å². The van der Waals surface area contributed by atoms with Gasteiger partial charge in [-0.25, -0.2) is 0 Å². The Hall–Kier alpha value is -0.650. The van der Waals surface area contributed by atoms with Gasteiger partial charge in [0.1, 0.15) is 0 Å². The van der Waals surface area contributed by atoms with Crippen molar-refractivity contribution in [3.63, 3.8) is 0 Å². The molecule has 4 nitrogen and oxygen atoms in total. The molecule has 0 unspecified atom stereocenters. The summed E-state index contributed by atoms with van der Waals surface area (Å²) in [5.74, 6) is 0. The molecule has 0 fully saturated rings. The Balaban J connectivity index is 2.72. The predicted octanol–water partition coefficient (Wildman–Crippen LogP) is 0.997. The van der Waals surface area contributed by atoms with E-state index in [0.717, 1.165) is 9.87 Å². The van der Waals surface area contributed by atoms with Crippen molar-refractivity contribution in [2.24, 2.45) is 0 Å². The summed E-state index contributed by atoms with van der Waals surface area (Å²) in [4.78, 5) is 3.81. The topological polar surface area (TPSA) is 50.3 Å². The molecule has 0 bridgehead atoms. The summed E-state index contributed by atoms with van der Waals surface area (Å²) in [5.41, 5.74) is 0.849. The second kappa shape index (κ2) is 4.04. The van der Waals surface area contributed by atoms with Gasteiger partial charge < -0.3 is 0 Å². The van der Waals surface area contributed by atoms with Gasteiger partial charge in [-0.1, -0.05) is 0 Å². The molecule has 1 aromatic heterocycles. The van der Waals surface area contributed by atoms with Crippen molar-refractivity contribution in [3.8, 4) is 0 Å². The molecule has 0 saturated heterocycles. The van der Waals surface area contributed by atoms with Gasteiger partial charge in [-0.05, 0) is 17.7 Å². The van der Waals surface area contributed by atoms with Gasteiger partial charge in [-0.15, -0.1) is 0 Å². The number of pyridine rings is 1. The molecule has 0 saturated carbocycles. The first kappa shape index (κ1) is 10.4. The van der Waals surface area contributed by atoms with E-state index in [9.17, 15) is 8.42 Å². The van der Waals surface area contributed by atoms with Gasteiger partial charge in [0, 0.05) is 36.7 Å². The van der Waals surface area contributed by atoms with Crippen molar-refractivity contribution in [2.45, 2.75) is 6.54 Å². The van der Waals surface area contributed by atoms with Crippen LogP contribution in [0.4, 0.5) is 0 Å². The molecule has 0 aliphatic rings. The fourth-order valence-electron chi connectivity index (χ4n) is 0.822. The van der Waals surface area contributed by atoms with E-state index in [1.54, 1.807) is 24.5 Å². The van der Waals surface area contributed by atoms with Gasteiger partial charge in [0.05, 0.1) is 0 Å². The van der Waals surface area contributed by atoms with Crippen LogP contribution in [0.3, 0.4) is 0 Å². The summed E-state index contributed by atoms with van der Waals surface area (Å²) in [6, 6.07) is 3.47. The zero-order chi connectivity index (χ0) is 9.90. The van der Waals surface area contributed by atoms with Crippen molar-refractivity contribution in [3.05, 3.63) is 30.1 Å². The first-order valence-electron chi connectivity index (χ1n) is 3.55. The zero-order valence-corrected chi connectivity index (χ0v) is 8.59. The molecular formula is C7H9ClN2O2S. The van der Waals surface area contributed by atoms with E-state index in [1.807, 2.05) is 0 Å². The number of halogens is 1. The predicted molar refractivity (Wildman–Crippen MR) is 50.5 cm³/mol. The number of hydrogen-bond acceptors (Lipinski definition) is 3. The summed E-state index contributed by atoms with van der Waals surface area (Å²) in [7, 11) is 2.92. The number of nitrogens with zero attached hydrogens (tertiary/aromatic N) is 2. The number of aromatic nitrogens is 1. The van der Waals surface area contributed by atoms with Gasteiger partial charge >= 0.3 is 0 Å². The Kier molecular flexibility index (Phi) is 3.24. The van der Waals surface area contributed by atoms with E-state index in [0.29, 0.717) is 0 Å². The lowest BCUT2D eigenvalue weighted by Gasteiger charge is -2.11. The van der Waals surface area contributed by atoms with Gasteiger partial charge in [-0.2, -0.15) is 12.7 Å². The number of hydrogen-bond donors (Lipinski definition) is 0. The lowest BCUT2D eigenvalue weighted by molar-refractivity contribution is 0.480. The first-order valence-corrected chi connectivity index (χ1v) is 5.81. The average Bonchev–Trinajstić information content (AvgIpc) is 2.04. The molecule has 1 rings (SSSR count). The van der Waals surface area contributed by atoms with E-state index in [4.69, 9.17) is 10.7 Å². The third kappa shape index (κ3) is 3.30. The van der Waals surface area contributed by atoms with Crippen LogP contribution < -0.4 is 0 Å². The molecule has 0 aliphatic heterocycles. The normalized spacial score (nSPS) is 11.9. The summed E-state index contributed by atoms with van der Waals surface area (Å²) >= 11 is 0. The van der Waals surface area contributed by atoms with Gasteiger partial charge in [-0.3, -0.25) is 4.98 Å². The minimum Gasteiger partial charge on any atom is -0.265 e. The fourth-order valence-corrected chi connectivity index (χ4v) is 1.27. The van der Waals surface area contributed by atoms with E-state index in [-0.39, 0.29) is 6.54 Å². The molecule has 72 valence electrons. The molecule has 0 atom stereocenters. The Morgan fingerprint density at radius 1 is 1.46 bits per heavy atom. The lowest BCUT2D eigenvalue weighted by Crippen LogP contribution is -2.21. The van der Waals surface area contributed by atoms with Crippen LogP contribution in [0.25, 0.3) is 0 Å². The van der Waals surface area contributed by atoms with Gasteiger partial charge in [0.2, 0.25) is 0 Å². The standard InChI is InChI=1S/C7H9ClN2O2S/c1-10(13(8,11)12)6-7-2-4-9-5-3-7/h2-5H,6H2,1H3. The molecule has 1 heterocycles. The quantitative estimate of drug-likeness (QED) is 0.714. The highest BCUT2D eigenvalue weighted by molar-refractivity contribution is 8.11. The van der Waals surface area contributed by atoms with E-state index in [2.05, 4.69) is 4.98 Å². The second-order valence-corrected chi connectivity index (χ2v) is 5.17. The van der Waals surface area contributed by atoms with Crippen molar-refractivity contribution in [1.29, 1.82) is 0 Å². The monoisotopic (exact) mass is 220 g/mol. The molecule has 0 amide bonds. The zero-order valence-electron chi connectivity index (χ0n) is 7.01. The Morgan fingerprint density at radius 2 is 2.00 bits per heavy atom. The summed E-state index contributed by atoms with van der Waals surface area (Å²) in [6.45, 7) is 0.258. The lowest BCUT2D eigenvalue weighted by atomic mass is 10.3. The smallest absolute Gasteiger partial charge is 0.265 e. The largest absolute Gasteiger partial charge is 0.299 e. The SMILES string of the molecule is CN(Cc1ccncc1)S(=O)(=O)Cl. The highest BCUT2D eigenvalue weighted by Gasteiger charge is 2.13. The average molecular weight is 221 g/mol. The first-order chi connectivity index (χ1) is 6.00. The third-order valence-corrected chi connectivity index (χ3v) is 3.11. The van der Waals surface area contributed by atoms with Crippen LogP contribution in [0.1, 0.15) is 5.56 Å². The summed E-state index contributed by atoms with van der Waals surface area (Å²) in [6.07, 6.45) is 3.20. The van der Waals surface area contributed by atoms with E-state index < -0.39 is 9.24 Å². The molecule has 13 heavy (non-hydrogen) atoms. The van der Waals surface area contributed by atoms with Crippen LogP contribution in [0.15, 0.2) is 24.5 Å². The van der Waals surface area contributed by atoms with E-state index in [1.165, 1.54) is 7.05 Å². The Morgan fingerprint density at radius 3 is 2.46 bits per heavy atom. The molecule has 6 heteroatoms. The Bertz CT molecular complexity index is 365. The molecular weight excluding hydrogens is 212 g/mol. The van der Waals surface area contributed by atoms with Gasteiger partial charge in [0.25, 0.3) is 9.24 Å². The molecule has 1 aromatic rings. The molecule has 0 aromatic carbocycles. The van der Waals surface area contributed by atoms with E-state index >= 15 is 0 Å². The summed E-state index contributed by atoms with van der Waals surface area (Å²) in [5, 5.41) is 0. The number of rotatable bonds is 3. The van der Waals surface area contributed by atoms with Gasteiger partial charge in [0.15, 0.2) is 0 Å². The summed E-state index contributed by atoms with van der Waals surface area (Å²) < 4.78 is 22.7. The molecule has 0 aliphatic carbocycles. The van der Waals surface area contributed by atoms with Crippen LogP contribution in [0.2, 0.25) is 0 Å². The van der Waals surface area contributed by atoms with Crippen LogP contribution in [0, 0.1) is 0 Å². The van der Waals surface area contributed by atoms with Crippen LogP contribution in [-0.4, -0.2) is 24.8 Å². The highest BCUT2D eigenvalue weighted by atomic mass is 35.7. The maximum Gasteiger partial charge on any atom is 0.299 e. The highest BCUT2D eigenvalue weighted by Crippen LogP contribution is 2.08. The minimum absolute atomic E-state index is 0.258. The molecule has 0 radical (unpaired) electrons. The maximum absolute atomic E-state index is 10.8. The van der Waals surface area contributed by atoms with Crippen molar-refractivity contribution in [1.82, 2.24) is 9.29 Å². The third-order valence-electron chi connectivity index (χ3n) is 1.53. The second-order valence-electron chi connectivity index (χ2n) is 2.55. The van der Waals surface area contributed by atoms with Crippen molar-refractivity contribution < 1.29 is 8.42 Å². The van der Waals surface area contributed by atoms with Crippen LogP contribution in [-0.2, 0) is 15.8 Å². The molecule has 0 N–H and O–H groups in total. The Labute approximate surface area is 81.7 Å². The molecule has 0 spiro atoms. The minimum atomic E-state index is -3.62.